The largest absolute Gasteiger partial charge is 0.467 e. The van der Waals surface area contributed by atoms with Crippen LogP contribution in [-0.2, 0) is 0 Å². The van der Waals surface area contributed by atoms with Gasteiger partial charge in [-0.2, -0.15) is 9.97 Å². The summed E-state index contributed by atoms with van der Waals surface area (Å²) in [5, 5.41) is 9.94. The molecule has 3 atom stereocenters. The first-order chi connectivity index (χ1) is 9.21. The Hall–Kier alpha value is -1.63. The Balaban J connectivity index is 1.83. The summed E-state index contributed by atoms with van der Waals surface area (Å²) < 4.78 is 10.1. The summed E-state index contributed by atoms with van der Waals surface area (Å²) in [7, 11) is 3.03. The highest BCUT2D eigenvalue weighted by atomic mass is 16.5. The van der Waals surface area contributed by atoms with Gasteiger partial charge in [-0.1, -0.05) is 0 Å². The summed E-state index contributed by atoms with van der Waals surface area (Å²) in [6, 6.07) is 0.499. The van der Waals surface area contributed by atoms with Crippen LogP contribution in [0.25, 0.3) is 0 Å². The highest BCUT2D eigenvalue weighted by Gasteiger charge is 2.42. The molecule has 104 valence electrons. The van der Waals surface area contributed by atoms with E-state index in [0.29, 0.717) is 17.8 Å². The molecular weight excluding hydrogens is 248 g/mol. The van der Waals surface area contributed by atoms with E-state index in [2.05, 4.69) is 19.9 Å². The van der Waals surface area contributed by atoms with E-state index in [0.717, 1.165) is 25.9 Å². The average molecular weight is 266 g/mol. The highest BCUT2D eigenvalue weighted by Crippen LogP contribution is 2.39. The third-order valence-electron chi connectivity index (χ3n) is 4.05. The number of anilines is 1. The van der Waals surface area contributed by atoms with Crippen molar-refractivity contribution in [3.63, 3.8) is 0 Å². The molecule has 1 aromatic rings. The first-order valence-electron chi connectivity index (χ1n) is 6.48. The van der Waals surface area contributed by atoms with Crippen LogP contribution in [-0.4, -0.2) is 53.5 Å². The summed E-state index contributed by atoms with van der Waals surface area (Å²) in [6.07, 6.45) is 1.79. The molecule has 0 spiro atoms. The van der Waals surface area contributed by atoms with Crippen LogP contribution < -0.4 is 14.4 Å². The Morgan fingerprint density at radius 1 is 1.05 bits per heavy atom. The third-order valence-corrected chi connectivity index (χ3v) is 4.05. The Morgan fingerprint density at radius 2 is 1.74 bits per heavy atom. The number of ether oxygens (including phenoxy) is 2. The van der Waals surface area contributed by atoms with E-state index in [9.17, 15) is 5.11 Å². The van der Waals surface area contributed by atoms with E-state index in [-0.39, 0.29) is 18.1 Å². The van der Waals surface area contributed by atoms with Crippen molar-refractivity contribution in [2.45, 2.75) is 18.9 Å². The number of hydrogen-bond acceptors (Lipinski definition) is 7. The number of methoxy groups -OCH3 is 2. The second-order valence-electron chi connectivity index (χ2n) is 5.08. The van der Waals surface area contributed by atoms with Gasteiger partial charge in [0.15, 0.2) is 0 Å². The molecule has 3 unspecified atom stereocenters. The zero-order valence-electron chi connectivity index (χ0n) is 11.1. The number of rotatable bonds is 3. The zero-order chi connectivity index (χ0) is 13.4. The fraction of sp³-hybridized carbons (Fsp3) is 0.750. The maximum Gasteiger partial charge on any atom is 0.324 e. The number of aliphatic hydroxyl groups is 1. The lowest BCUT2D eigenvalue weighted by Crippen LogP contribution is -2.26. The standard InChI is InChI=1S/C12H18N4O3/c1-18-11-13-10(14-12(15-11)19-2)16-5-7-3-4-9(17)8(7)6-16/h7-9,17H,3-6H2,1-2H3. The molecule has 2 fully saturated rings. The van der Waals surface area contributed by atoms with Gasteiger partial charge in [-0.05, 0) is 18.8 Å². The average Bonchev–Trinajstić information content (AvgIpc) is 3.01. The number of aliphatic hydroxyl groups excluding tert-OH is 1. The van der Waals surface area contributed by atoms with Crippen LogP contribution in [0.2, 0.25) is 0 Å². The van der Waals surface area contributed by atoms with E-state index < -0.39 is 0 Å². The molecule has 1 N–H and O–H groups in total. The van der Waals surface area contributed by atoms with E-state index in [1.165, 1.54) is 14.2 Å². The second kappa shape index (κ2) is 4.80. The van der Waals surface area contributed by atoms with E-state index >= 15 is 0 Å². The number of nitrogens with zero attached hydrogens (tertiary/aromatic N) is 4. The number of hydrogen-bond donors (Lipinski definition) is 1. The van der Waals surface area contributed by atoms with Gasteiger partial charge in [0.1, 0.15) is 0 Å². The van der Waals surface area contributed by atoms with Gasteiger partial charge in [0.2, 0.25) is 5.95 Å². The van der Waals surface area contributed by atoms with E-state index in [1.807, 2.05) is 0 Å². The van der Waals surface area contributed by atoms with Crippen molar-refractivity contribution in [1.29, 1.82) is 0 Å². The summed E-state index contributed by atoms with van der Waals surface area (Å²) in [5.41, 5.74) is 0. The van der Waals surface area contributed by atoms with Gasteiger partial charge in [0.05, 0.1) is 20.3 Å². The molecule has 1 saturated heterocycles. The van der Waals surface area contributed by atoms with Crippen LogP contribution in [0.5, 0.6) is 12.0 Å². The quantitative estimate of drug-likeness (QED) is 0.830. The van der Waals surface area contributed by atoms with E-state index in [4.69, 9.17) is 9.47 Å². The lowest BCUT2D eigenvalue weighted by molar-refractivity contribution is 0.133. The van der Waals surface area contributed by atoms with Crippen LogP contribution in [0.1, 0.15) is 12.8 Å². The molecule has 0 aromatic carbocycles. The summed E-state index contributed by atoms with van der Waals surface area (Å²) in [5.74, 6) is 1.42. The molecule has 7 nitrogen and oxygen atoms in total. The van der Waals surface area contributed by atoms with Crippen molar-refractivity contribution < 1.29 is 14.6 Å². The minimum atomic E-state index is -0.194. The maximum absolute atomic E-state index is 9.94. The van der Waals surface area contributed by atoms with Gasteiger partial charge >= 0.3 is 12.0 Å². The van der Waals surface area contributed by atoms with Gasteiger partial charge in [-0.15, -0.1) is 4.98 Å². The van der Waals surface area contributed by atoms with Crippen LogP contribution in [0.4, 0.5) is 5.95 Å². The second-order valence-corrected chi connectivity index (χ2v) is 5.08. The Bertz CT molecular complexity index is 448. The van der Waals surface area contributed by atoms with Crippen molar-refractivity contribution in [2.75, 3.05) is 32.2 Å². The fourth-order valence-electron chi connectivity index (χ4n) is 3.05. The minimum Gasteiger partial charge on any atom is -0.467 e. The lowest BCUT2D eigenvalue weighted by atomic mass is 10.00. The minimum absolute atomic E-state index is 0.194. The molecule has 0 bridgehead atoms. The molecule has 3 rings (SSSR count). The molecule has 1 aliphatic carbocycles. The fourth-order valence-corrected chi connectivity index (χ4v) is 3.05. The predicted molar refractivity (Wildman–Crippen MR) is 67.4 cm³/mol. The Kier molecular flexibility index (Phi) is 3.14. The summed E-state index contributed by atoms with van der Waals surface area (Å²) in [6.45, 7) is 1.65. The number of fused-ring (bicyclic) bond motifs is 1. The highest BCUT2D eigenvalue weighted by molar-refractivity contribution is 5.35. The van der Waals surface area contributed by atoms with Gasteiger partial charge < -0.3 is 19.5 Å². The smallest absolute Gasteiger partial charge is 0.324 e. The number of aromatic nitrogens is 3. The van der Waals surface area contributed by atoms with Crippen molar-refractivity contribution in [3.05, 3.63) is 0 Å². The predicted octanol–water partition coefficient (Wildman–Crippen LogP) is 0.0959. The van der Waals surface area contributed by atoms with Crippen molar-refractivity contribution in [1.82, 2.24) is 15.0 Å². The molecule has 0 amide bonds. The molecule has 0 radical (unpaired) electrons. The van der Waals surface area contributed by atoms with Crippen molar-refractivity contribution >= 4 is 5.95 Å². The molecule has 7 heteroatoms. The molecule has 19 heavy (non-hydrogen) atoms. The van der Waals surface area contributed by atoms with Gasteiger partial charge in [0, 0.05) is 19.0 Å². The molecule has 2 heterocycles. The monoisotopic (exact) mass is 266 g/mol. The molecule has 1 aromatic heterocycles. The Morgan fingerprint density at radius 3 is 2.32 bits per heavy atom. The van der Waals surface area contributed by atoms with Crippen molar-refractivity contribution in [3.8, 4) is 12.0 Å². The topological polar surface area (TPSA) is 80.6 Å². The van der Waals surface area contributed by atoms with Crippen LogP contribution in [0.15, 0.2) is 0 Å². The maximum atomic E-state index is 9.94. The molecule has 1 aliphatic heterocycles. The normalized spacial score (nSPS) is 29.4. The summed E-state index contributed by atoms with van der Waals surface area (Å²) in [4.78, 5) is 14.6. The molecular formula is C12H18N4O3. The Labute approximate surface area is 111 Å². The first-order valence-corrected chi connectivity index (χ1v) is 6.48. The van der Waals surface area contributed by atoms with Gasteiger partial charge in [-0.25, -0.2) is 0 Å². The third kappa shape index (κ3) is 2.18. The first kappa shape index (κ1) is 12.4. The van der Waals surface area contributed by atoms with Gasteiger partial charge in [0.25, 0.3) is 0 Å². The molecule has 2 aliphatic rings. The van der Waals surface area contributed by atoms with Crippen LogP contribution >= 0.6 is 0 Å². The van der Waals surface area contributed by atoms with Gasteiger partial charge in [-0.3, -0.25) is 0 Å². The van der Waals surface area contributed by atoms with E-state index in [1.54, 1.807) is 0 Å². The lowest BCUT2D eigenvalue weighted by Gasteiger charge is -2.18. The van der Waals surface area contributed by atoms with Crippen molar-refractivity contribution in [2.24, 2.45) is 11.8 Å². The summed E-state index contributed by atoms with van der Waals surface area (Å²) >= 11 is 0. The zero-order valence-corrected chi connectivity index (χ0v) is 11.1. The molecule has 1 saturated carbocycles. The van der Waals surface area contributed by atoms with Crippen LogP contribution in [0, 0.1) is 11.8 Å². The SMILES string of the molecule is COc1nc(OC)nc(N2CC3CCC(O)C3C2)n1. The van der Waals surface area contributed by atoms with Crippen LogP contribution in [0.3, 0.4) is 0 Å².